The average Bonchev–Trinajstić information content (AvgIpc) is 2.43. The van der Waals surface area contributed by atoms with Crippen molar-refractivity contribution in [2.45, 2.75) is 25.0 Å². The maximum atomic E-state index is 11.6. The zero-order chi connectivity index (χ0) is 10.6. The summed E-state index contributed by atoms with van der Waals surface area (Å²) in [6, 6.07) is 0. The van der Waals surface area contributed by atoms with E-state index in [1.54, 1.807) is 17.8 Å². The summed E-state index contributed by atoms with van der Waals surface area (Å²) in [5.74, 6) is 0.953. The highest BCUT2D eigenvalue weighted by atomic mass is 32.2. The SMILES string of the molecule is C=CCC1=C(C)C(SCCO)CC1=O. The van der Waals surface area contributed by atoms with Crippen LogP contribution in [0.3, 0.4) is 0 Å². The van der Waals surface area contributed by atoms with E-state index in [1.165, 1.54) is 5.57 Å². The first kappa shape index (κ1) is 11.5. The van der Waals surface area contributed by atoms with Crippen molar-refractivity contribution in [3.8, 4) is 0 Å². The van der Waals surface area contributed by atoms with E-state index in [2.05, 4.69) is 6.58 Å². The zero-order valence-electron chi connectivity index (χ0n) is 8.45. The first-order chi connectivity index (χ1) is 6.70. The molecule has 0 aromatic rings. The lowest BCUT2D eigenvalue weighted by atomic mass is 10.1. The predicted molar refractivity (Wildman–Crippen MR) is 60.5 cm³/mol. The molecule has 2 nitrogen and oxygen atoms in total. The summed E-state index contributed by atoms with van der Waals surface area (Å²) in [5.41, 5.74) is 2.10. The summed E-state index contributed by atoms with van der Waals surface area (Å²) in [4.78, 5) is 11.6. The molecular weight excluding hydrogens is 196 g/mol. The maximum absolute atomic E-state index is 11.6. The summed E-state index contributed by atoms with van der Waals surface area (Å²) in [5, 5.41) is 8.99. The lowest BCUT2D eigenvalue weighted by Crippen LogP contribution is -2.03. The minimum atomic E-state index is 0.180. The van der Waals surface area contributed by atoms with Crippen LogP contribution in [0.5, 0.6) is 0 Å². The molecule has 0 spiro atoms. The lowest BCUT2D eigenvalue weighted by Gasteiger charge is -2.08. The summed E-state index contributed by atoms with van der Waals surface area (Å²) in [6.45, 7) is 5.84. The molecule has 1 rings (SSSR count). The molecule has 14 heavy (non-hydrogen) atoms. The smallest absolute Gasteiger partial charge is 0.160 e. The van der Waals surface area contributed by atoms with E-state index in [1.807, 2.05) is 6.92 Å². The Morgan fingerprint density at radius 1 is 1.71 bits per heavy atom. The van der Waals surface area contributed by atoms with Crippen molar-refractivity contribution in [3.63, 3.8) is 0 Å². The quantitative estimate of drug-likeness (QED) is 0.708. The van der Waals surface area contributed by atoms with Crippen molar-refractivity contribution < 1.29 is 9.90 Å². The third kappa shape index (κ3) is 2.49. The highest BCUT2D eigenvalue weighted by Crippen LogP contribution is 2.33. The highest BCUT2D eigenvalue weighted by Gasteiger charge is 2.28. The number of carbonyl (C=O) groups excluding carboxylic acids is 1. The molecule has 1 aliphatic carbocycles. The largest absolute Gasteiger partial charge is 0.396 e. The van der Waals surface area contributed by atoms with Crippen molar-refractivity contribution in [1.29, 1.82) is 0 Å². The molecule has 0 saturated carbocycles. The van der Waals surface area contributed by atoms with Gasteiger partial charge in [0.15, 0.2) is 5.78 Å². The van der Waals surface area contributed by atoms with Crippen LogP contribution in [-0.4, -0.2) is 28.5 Å². The molecule has 0 aromatic carbocycles. The first-order valence-electron chi connectivity index (χ1n) is 4.77. The predicted octanol–water partition coefficient (Wildman–Crippen LogP) is 1.95. The van der Waals surface area contributed by atoms with Crippen molar-refractivity contribution in [2.75, 3.05) is 12.4 Å². The fourth-order valence-corrected chi connectivity index (χ4v) is 2.71. The normalized spacial score (nSPS) is 21.9. The number of ketones is 1. The van der Waals surface area contributed by atoms with Gasteiger partial charge in [-0.05, 0) is 18.9 Å². The second-order valence-corrected chi connectivity index (χ2v) is 4.68. The Bertz CT molecular complexity index is 268. The molecule has 0 fully saturated rings. The van der Waals surface area contributed by atoms with Gasteiger partial charge in [-0.1, -0.05) is 11.6 Å². The molecule has 0 aromatic heterocycles. The molecule has 78 valence electrons. The van der Waals surface area contributed by atoms with Crippen LogP contribution in [0.25, 0.3) is 0 Å². The number of rotatable bonds is 5. The second-order valence-electron chi connectivity index (χ2n) is 3.36. The molecule has 0 heterocycles. The van der Waals surface area contributed by atoms with Crippen LogP contribution in [-0.2, 0) is 4.79 Å². The first-order valence-corrected chi connectivity index (χ1v) is 5.81. The van der Waals surface area contributed by atoms with Gasteiger partial charge in [-0.15, -0.1) is 6.58 Å². The molecule has 0 bridgehead atoms. The van der Waals surface area contributed by atoms with Crippen molar-refractivity contribution >= 4 is 17.5 Å². The monoisotopic (exact) mass is 212 g/mol. The Labute approximate surface area is 89.1 Å². The maximum Gasteiger partial charge on any atom is 0.160 e. The minimum absolute atomic E-state index is 0.180. The number of hydrogen-bond donors (Lipinski definition) is 1. The van der Waals surface area contributed by atoms with Crippen LogP contribution in [0.1, 0.15) is 19.8 Å². The number of allylic oxidation sites excluding steroid dienone is 2. The standard InChI is InChI=1S/C11H16O2S/c1-3-4-9-8(2)11(7-10(9)13)14-6-5-12/h3,11-12H,1,4-7H2,2H3. The Balaban J connectivity index is 2.66. The molecule has 0 radical (unpaired) electrons. The third-order valence-corrected chi connectivity index (χ3v) is 3.77. The van der Waals surface area contributed by atoms with E-state index in [4.69, 9.17) is 5.11 Å². The Hall–Kier alpha value is -0.540. The van der Waals surface area contributed by atoms with Gasteiger partial charge in [-0.25, -0.2) is 0 Å². The van der Waals surface area contributed by atoms with Crippen molar-refractivity contribution in [1.82, 2.24) is 0 Å². The number of carbonyl (C=O) groups is 1. The van der Waals surface area contributed by atoms with E-state index in [0.29, 0.717) is 18.6 Å². The number of aliphatic hydroxyl groups excluding tert-OH is 1. The van der Waals surface area contributed by atoms with Gasteiger partial charge in [0.2, 0.25) is 0 Å². The summed E-state index contributed by atoms with van der Waals surface area (Å²) < 4.78 is 0. The van der Waals surface area contributed by atoms with E-state index < -0.39 is 0 Å². The number of aliphatic hydroxyl groups is 1. The molecule has 0 aliphatic heterocycles. The third-order valence-electron chi connectivity index (χ3n) is 2.43. The van der Waals surface area contributed by atoms with Gasteiger partial charge in [-0.2, -0.15) is 11.8 Å². The molecule has 0 amide bonds. The van der Waals surface area contributed by atoms with Crippen LogP contribution in [0.4, 0.5) is 0 Å². The summed E-state index contributed by atoms with van der Waals surface area (Å²) in [6.07, 6.45) is 3.05. The van der Waals surface area contributed by atoms with Crippen LogP contribution < -0.4 is 0 Å². The molecular formula is C11H16O2S. The molecule has 1 aliphatic rings. The van der Waals surface area contributed by atoms with Gasteiger partial charge in [0.05, 0.1) is 6.61 Å². The zero-order valence-corrected chi connectivity index (χ0v) is 9.27. The molecule has 1 N–H and O–H groups in total. The number of hydrogen-bond acceptors (Lipinski definition) is 3. The summed E-state index contributed by atoms with van der Waals surface area (Å²) in [7, 11) is 0. The fraction of sp³-hybridized carbons (Fsp3) is 0.545. The van der Waals surface area contributed by atoms with Gasteiger partial charge in [0.1, 0.15) is 0 Å². The fourth-order valence-electron chi connectivity index (χ4n) is 1.66. The summed E-state index contributed by atoms with van der Waals surface area (Å²) >= 11 is 1.66. The van der Waals surface area contributed by atoms with Crippen molar-refractivity contribution in [3.05, 3.63) is 23.8 Å². The van der Waals surface area contributed by atoms with Crippen LogP contribution in [0.15, 0.2) is 23.8 Å². The van der Waals surface area contributed by atoms with Gasteiger partial charge in [-0.3, -0.25) is 4.79 Å². The van der Waals surface area contributed by atoms with E-state index in [0.717, 1.165) is 5.57 Å². The van der Waals surface area contributed by atoms with E-state index in [9.17, 15) is 4.79 Å². The average molecular weight is 212 g/mol. The lowest BCUT2D eigenvalue weighted by molar-refractivity contribution is -0.114. The Kier molecular flexibility index (Phi) is 4.42. The van der Waals surface area contributed by atoms with Gasteiger partial charge in [0.25, 0.3) is 0 Å². The topological polar surface area (TPSA) is 37.3 Å². The van der Waals surface area contributed by atoms with Gasteiger partial charge in [0, 0.05) is 17.4 Å². The van der Waals surface area contributed by atoms with Crippen LogP contribution in [0.2, 0.25) is 0 Å². The van der Waals surface area contributed by atoms with E-state index >= 15 is 0 Å². The number of thioether (sulfide) groups is 1. The Morgan fingerprint density at radius 2 is 2.43 bits per heavy atom. The second kappa shape index (κ2) is 5.37. The highest BCUT2D eigenvalue weighted by molar-refractivity contribution is 8.00. The molecule has 0 saturated heterocycles. The molecule has 3 heteroatoms. The Morgan fingerprint density at radius 3 is 3.00 bits per heavy atom. The van der Waals surface area contributed by atoms with Crippen molar-refractivity contribution in [2.24, 2.45) is 0 Å². The van der Waals surface area contributed by atoms with Crippen LogP contribution in [0, 0.1) is 0 Å². The van der Waals surface area contributed by atoms with E-state index in [-0.39, 0.29) is 17.6 Å². The number of Topliss-reactive ketones (excluding diaryl/α,β-unsaturated/α-hetero) is 1. The van der Waals surface area contributed by atoms with Gasteiger partial charge >= 0.3 is 0 Å². The molecule has 1 atom stereocenters. The van der Waals surface area contributed by atoms with Gasteiger partial charge < -0.3 is 5.11 Å². The minimum Gasteiger partial charge on any atom is -0.396 e. The van der Waals surface area contributed by atoms with Crippen LogP contribution >= 0.6 is 11.8 Å². The molecule has 1 unspecified atom stereocenters.